The molecule has 1 aromatic rings. The molecule has 1 aromatic heterocycles. The van der Waals surface area contributed by atoms with Crippen molar-refractivity contribution in [3.8, 4) is 0 Å². The van der Waals surface area contributed by atoms with Crippen molar-refractivity contribution in [2.75, 3.05) is 7.11 Å². The standard InChI is InChI=1S/C14H22N2O5S/c1-8-12(14(17)20-3)13(9(2)21-8)22(18,19)16-11-7-5-4-6-10(11)15/h10-11,16H,4-7,15H2,1-3H3/t10-,11-/m1/s1. The van der Waals surface area contributed by atoms with E-state index in [1.54, 1.807) is 0 Å². The lowest BCUT2D eigenvalue weighted by Crippen LogP contribution is -2.49. The van der Waals surface area contributed by atoms with Crippen LogP contribution in [0.5, 0.6) is 0 Å². The topological polar surface area (TPSA) is 112 Å². The summed E-state index contributed by atoms with van der Waals surface area (Å²) >= 11 is 0. The van der Waals surface area contributed by atoms with Gasteiger partial charge in [0.2, 0.25) is 10.0 Å². The van der Waals surface area contributed by atoms with Gasteiger partial charge in [0, 0.05) is 12.1 Å². The van der Waals surface area contributed by atoms with Crippen molar-refractivity contribution in [2.45, 2.75) is 56.5 Å². The van der Waals surface area contributed by atoms with Crippen LogP contribution < -0.4 is 10.5 Å². The third kappa shape index (κ3) is 3.18. The molecule has 1 fully saturated rings. The van der Waals surface area contributed by atoms with E-state index in [2.05, 4.69) is 9.46 Å². The molecule has 0 saturated heterocycles. The molecule has 124 valence electrons. The van der Waals surface area contributed by atoms with E-state index in [0.29, 0.717) is 6.42 Å². The molecule has 3 N–H and O–H groups in total. The maximum atomic E-state index is 12.7. The molecule has 7 nitrogen and oxygen atoms in total. The van der Waals surface area contributed by atoms with Crippen LogP contribution in [0.25, 0.3) is 0 Å². The van der Waals surface area contributed by atoms with Crippen LogP contribution in [-0.4, -0.2) is 33.6 Å². The van der Waals surface area contributed by atoms with Gasteiger partial charge in [-0.3, -0.25) is 0 Å². The molecule has 1 heterocycles. The third-order valence-electron chi connectivity index (χ3n) is 3.99. The van der Waals surface area contributed by atoms with Gasteiger partial charge in [0.25, 0.3) is 0 Å². The van der Waals surface area contributed by atoms with Crippen LogP contribution in [0.2, 0.25) is 0 Å². The van der Waals surface area contributed by atoms with Gasteiger partial charge in [-0.05, 0) is 26.7 Å². The number of hydrogen-bond donors (Lipinski definition) is 2. The number of hydrogen-bond acceptors (Lipinski definition) is 6. The highest BCUT2D eigenvalue weighted by atomic mass is 32.2. The number of nitrogens with one attached hydrogen (secondary N) is 1. The summed E-state index contributed by atoms with van der Waals surface area (Å²) in [5.41, 5.74) is 5.93. The molecule has 22 heavy (non-hydrogen) atoms. The first kappa shape index (κ1) is 17.0. The van der Waals surface area contributed by atoms with Crippen molar-refractivity contribution in [3.63, 3.8) is 0 Å². The van der Waals surface area contributed by atoms with Crippen molar-refractivity contribution < 1.29 is 22.4 Å². The predicted octanol–water partition coefficient (Wildman–Crippen LogP) is 1.23. The van der Waals surface area contributed by atoms with Gasteiger partial charge in [0.15, 0.2) is 0 Å². The highest BCUT2D eigenvalue weighted by Crippen LogP contribution is 2.28. The van der Waals surface area contributed by atoms with Crippen LogP contribution in [0, 0.1) is 13.8 Å². The van der Waals surface area contributed by atoms with Gasteiger partial charge in [-0.1, -0.05) is 12.8 Å². The van der Waals surface area contributed by atoms with E-state index in [1.807, 2.05) is 0 Å². The number of esters is 1. The first-order chi connectivity index (χ1) is 10.3. The second-order valence-electron chi connectivity index (χ2n) is 5.59. The van der Waals surface area contributed by atoms with E-state index >= 15 is 0 Å². The van der Waals surface area contributed by atoms with Gasteiger partial charge >= 0.3 is 5.97 Å². The number of carbonyl (C=O) groups is 1. The van der Waals surface area contributed by atoms with E-state index in [0.717, 1.165) is 19.3 Å². The fourth-order valence-electron chi connectivity index (χ4n) is 2.89. The average molecular weight is 330 g/mol. The molecule has 1 saturated carbocycles. The Morgan fingerprint density at radius 3 is 2.50 bits per heavy atom. The summed E-state index contributed by atoms with van der Waals surface area (Å²) in [4.78, 5) is 11.7. The zero-order valence-corrected chi connectivity index (χ0v) is 13.8. The molecule has 0 radical (unpaired) electrons. The van der Waals surface area contributed by atoms with Crippen LogP contribution in [0.15, 0.2) is 9.31 Å². The Bertz CT molecular complexity index is 665. The van der Waals surface area contributed by atoms with Crippen molar-refractivity contribution in [3.05, 3.63) is 17.1 Å². The number of methoxy groups -OCH3 is 1. The normalized spacial score (nSPS) is 22.5. The smallest absolute Gasteiger partial charge is 0.342 e. The van der Waals surface area contributed by atoms with Crippen LogP contribution in [0.3, 0.4) is 0 Å². The van der Waals surface area contributed by atoms with Crippen molar-refractivity contribution in [1.29, 1.82) is 0 Å². The summed E-state index contributed by atoms with van der Waals surface area (Å²) in [5, 5.41) is 0. The lowest BCUT2D eigenvalue weighted by atomic mass is 9.92. The number of carbonyl (C=O) groups excluding carboxylic acids is 1. The summed E-state index contributed by atoms with van der Waals surface area (Å²) < 4.78 is 38.0. The van der Waals surface area contributed by atoms with Gasteiger partial charge in [-0.2, -0.15) is 0 Å². The Labute approximate surface area is 130 Å². The monoisotopic (exact) mass is 330 g/mol. The molecule has 1 aliphatic rings. The number of ether oxygens (including phenoxy) is 1. The molecule has 2 rings (SSSR count). The van der Waals surface area contributed by atoms with Crippen molar-refractivity contribution in [2.24, 2.45) is 5.73 Å². The van der Waals surface area contributed by atoms with Crippen LogP contribution >= 0.6 is 0 Å². The number of nitrogens with two attached hydrogens (primary N) is 1. The molecule has 0 bridgehead atoms. The molecular weight excluding hydrogens is 308 g/mol. The summed E-state index contributed by atoms with van der Waals surface area (Å²) in [6.07, 6.45) is 3.38. The summed E-state index contributed by atoms with van der Waals surface area (Å²) in [7, 11) is -2.71. The SMILES string of the molecule is COC(=O)c1c(C)oc(C)c1S(=O)(=O)N[C@@H]1CCCC[C@H]1N. The van der Waals surface area contributed by atoms with Gasteiger partial charge in [0.1, 0.15) is 22.0 Å². The van der Waals surface area contributed by atoms with Crippen molar-refractivity contribution in [1.82, 2.24) is 4.72 Å². The first-order valence-corrected chi connectivity index (χ1v) is 8.72. The minimum Gasteiger partial charge on any atom is -0.465 e. The lowest BCUT2D eigenvalue weighted by molar-refractivity contribution is 0.0595. The van der Waals surface area contributed by atoms with Gasteiger partial charge in [-0.15, -0.1) is 0 Å². The third-order valence-corrected chi connectivity index (χ3v) is 5.63. The summed E-state index contributed by atoms with van der Waals surface area (Å²) in [6, 6.07) is -0.558. The second kappa shape index (κ2) is 6.39. The molecule has 0 spiro atoms. The molecule has 1 aliphatic carbocycles. The molecular formula is C14H22N2O5S. The average Bonchev–Trinajstić information content (AvgIpc) is 2.75. The maximum absolute atomic E-state index is 12.7. The minimum absolute atomic E-state index is 0.0584. The second-order valence-corrected chi connectivity index (χ2v) is 7.24. The Balaban J connectivity index is 2.39. The molecule has 0 aliphatic heterocycles. The van der Waals surface area contributed by atoms with Gasteiger partial charge in [-0.25, -0.2) is 17.9 Å². The highest BCUT2D eigenvalue weighted by molar-refractivity contribution is 7.89. The fraction of sp³-hybridized carbons (Fsp3) is 0.643. The number of sulfonamides is 1. The minimum atomic E-state index is -3.91. The lowest BCUT2D eigenvalue weighted by Gasteiger charge is -2.29. The Morgan fingerprint density at radius 2 is 1.91 bits per heavy atom. The summed E-state index contributed by atoms with van der Waals surface area (Å²) in [6.45, 7) is 3.04. The molecule has 0 aromatic carbocycles. The van der Waals surface area contributed by atoms with Crippen LogP contribution in [0.1, 0.15) is 47.6 Å². The Hall–Kier alpha value is -1.38. The van der Waals surface area contributed by atoms with E-state index in [4.69, 9.17) is 10.2 Å². The molecule has 2 atom stereocenters. The Kier molecular flexibility index (Phi) is 4.93. The number of rotatable bonds is 4. The van der Waals surface area contributed by atoms with Crippen LogP contribution in [-0.2, 0) is 14.8 Å². The van der Waals surface area contributed by atoms with Gasteiger partial charge in [0.05, 0.1) is 7.11 Å². The number of furan rings is 1. The maximum Gasteiger partial charge on any atom is 0.342 e. The molecule has 8 heteroatoms. The highest BCUT2D eigenvalue weighted by Gasteiger charge is 2.34. The summed E-state index contributed by atoms with van der Waals surface area (Å²) in [5.74, 6) is -0.352. The van der Waals surface area contributed by atoms with Crippen molar-refractivity contribution >= 4 is 16.0 Å². The van der Waals surface area contributed by atoms with E-state index in [9.17, 15) is 13.2 Å². The van der Waals surface area contributed by atoms with E-state index in [1.165, 1.54) is 21.0 Å². The number of aryl methyl sites for hydroxylation is 2. The first-order valence-electron chi connectivity index (χ1n) is 7.24. The zero-order chi connectivity index (χ0) is 16.5. The molecule has 0 amide bonds. The van der Waals surface area contributed by atoms with E-state index in [-0.39, 0.29) is 34.1 Å². The molecule has 0 unspecified atom stereocenters. The Morgan fingerprint density at radius 1 is 1.27 bits per heavy atom. The van der Waals surface area contributed by atoms with Crippen LogP contribution in [0.4, 0.5) is 0 Å². The fourth-order valence-corrected chi connectivity index (χ4v) is 4.61. The van der Waals surface area contributed by atoms with Gasteiger partial charge < -0.3 is 14.9 Å². The van der Waals surface area contributed by atoms with E-state index < -0.39 is 16.0 Å². The predicted molar refractivity (Wildman–Crippen MR) is 80.1 cm³/mol. The largest absolute Gasteiger partial charge is 0.465 e. The quantitative estimate of drug-likeness (QED) is 0.803. The zero-order valence-electron chi connectivity index (χ0n) is 13.0.